The first-order chi connectivity index (χ1) is 8.48. The van der Waals surface area contributed by atoms with E-state index in [4.69, 9.17) is 4.74 Å². The van der Waals surface area contributed by atoms with Crippen molar-refractivity contribution in [2.24, 2.45) is 4.99 Å². The molecule has 112 valence electrons. The molecular formula is C11H22IN3O3S. The molecule has 8 heteroatoms. The standard InChI is InChI=1S/C11H21N3O3S.HI/c1-12-11(13-5-6-18(2,15)16)14-9-7-8-3-4-10(9)17-8;/h8-10H,3-7H2,1-2H3,(H2,12,13,14);1H. The Labute approximate surface area is 131 Å². The third-order valence-electron chi connectivity index (χ3n) is 3.42. The molecule has 2 bridgehead atoms. The van der Waals surface area contributed by atoms with Gasteiger partial charge < -0.3 is 15.4 Å². The molecule has 2 aliphatic rings. The third kappa shape index (κ3) is 5.07. The molecule has 3 unspecified atom stereocenters. The van der Waals surface area contributed by atoms with Gasteiger partial charge in [0.2, 0.25) is 0 Å². The average molecular weight is 403 g/mol. The van der Waals surface area contributed by atoms with E-state index >= 15 is 0 Å². The van der Waals surface area contributed by atoms with Gasteiger partial charge in [0.25, 0.3) is 0 Å². The molecule has 2 saturated heterocycles. The van der Waals surface area contributed by atoms with Gasteiger partial charge in [-0.3, -0.25) is 4.99 Å². The summed E-state index contributed by atoms with van der Waals surface area (Å²) in [5, 5.41) is 6.32. The molecule has 2 N–H and O–H groups in total. The maximum atomic E-state index is 11.0. The van der Waals surface area contributed by atoms with Crippen molar-refractivity contribution in [2.75, 3.05) is 25.6 Å². The number of ether oxygens (including phenoxy) is 1. The van der Waals surface area contributed by atoms with Crippen molar-refractivity contribution in [1.29, 1.82) is 0 Å². The third-order valence-corrected chi connectivity index (χ3v) is 4.36. The fraction of sp³-hybridized carbons (Fsp3) is 0.909. The molecule has 0 aromatic rings. The van der Waals surface area contributed by atoms with Gasteiger partial charge in [-0.2, -0.15) is 0 Å². The Kier molecular flexibility index (Phi) is 6.31. The minimum Gasteiger partial charge on any atom is -0.373 e. The van der Waals surface area contributed by atoms with Gasteiger partial charge in [0, 0.05) is 19.8 Å². The maximum absolute atomic E-state index is 11.0. The number of fused-ring (bicyclic) bond motifs is 2. The Hall–Kier alpha value is -0.0900. The van der Waals surface area contributed by atoms with Gasteiger partial charge in [-0.05, 0) is 19.3 Å². The van der Waals surface area contributed by atoms with Crippen molar-refractivity contribution in [3.8, 4) is 0 Å². The summed E-state index contributed by atoms with van der Waals surface area (Å²) in [5.41, 5.74) is 0. The number of halogens is 1. The number of sulfone groups is 1. The number of hydrogen-bond acceptors (Lipinski definition) is 4. The Morgan fingerprint density at radius 3 is 2.63 bits per heavy atom. The van der Waals surface area contributed by atoms with E-state index in [2.05, 4.69) is 15.6 Å². The first-order valence-corrected chi connectivity index (χ1v) is 8.34. The van der Waals surface area contributed by atoms with Crippen molar-refractivity contribution in [2.45, 2.75) is 37.5 Å². The van der Waals surface area contributed by atoms with Crippen LogP contribution in [-0.4, -0.2) is 58.2 Å². The highest BCUT2D eigenvalue weighted by atomic mass is 127. The fourth-order valence-corrected chi connectivity index (χ4v) is 2.99. The Morgan fingerprint density at radius 1 is 1.42 bits per heavy atom. The number of nitrogens with one attached hydrogen (secondary N) is 2. The summed E-state index contributed by atoms with van der Waals surface area (Å²) in [5.74, 6) is 0.765. The smallest absolute Gasteiger partial charge is 0.191 e. The summed E-state index contributed by atoms with van der Waals surface area (Å²) < 4.78 is 27.8. The monoisotopic (exact) mass is 403 g/mol. The van der Waals surface area contributed by atoms with Crippen LogP contribution >= 0.6 is 24.0 Å². The molecule has 0 radical (unpaired) electrons. The van der Waals surface area contributed by atoms with Crippen LogP contribution in [0.5, 0.6) is 0 Å². The molecular weight excluding hydrogens is 381 g/mol. The zero-order chi connectivity index (χ0) is 13.2. The Bertz CT molecular complexity index is 427. The topological polar surface area (TPSA) is 79.8 Å². The van der Waals surface area contributed by atoms with Crippen molar-refractivity contribution >= 4 is 39.8 Å². The molecule has 0 saturated carbocycles. The van der Waals surface area contributed by atoms with Crippen LogP contribution in [0.2, 0.25) is 0 Å². The summed E-state index contributed by atoms with van der Waals surface area (Å²) in [7, 11) is -1.25. The van der Waals surface area contributed by atoms with Gasteiger partial charge in [-0.15, -0.1) is 24.0 Å². The van der Waals surface area contributed by atoms with E-state index in [1.54, 1.807) is 7.05 Å². The lowest BCUT2D eigenvalue weighted by Gasteiger charge is -2.22. The van der Waals surface area contributed by atoms with Crippen LogP contribution in [0.25, 0.3) is 0 Å². The molecule has 0 aromatic heterocycles. The zero-order valence-corrected chi connectivity index (χ0v) is 14.4. The summed E-state index contributed by atoms with van der Waals surface area (Å²) in [6, 6.07) is 0.299. The van der Waals surface area contributed by atoms with Crippen LogP contribution in [0.4, 0.5) is 0 Å². The molecule has 2 fully saturated rings. The van der Waals surface area contributed by atoms with E-state index < -0.39 is 9.84 Å². The van der Waals surface area contributed by atoms with Crippen molar-refractivity contribution in [1.82, 2.24) is 10.6 Å². The summed E-state index contributed by atoms with van der Waals surface area (Å²) in [4.78, 5) is 4.10. The maximum Gasteiger partial charge on any atom is 0.191 e. The molecule has 2 rings (SSSR count). The van der Waals surface area contributed by atoms with Crippen LogP contribution < -0.4 is 10.6 Å². The molecule has 19 heavy (non-hydrogen) atoms. The van der Waals surface area contributed by atoms with Crippen LogP contribution in [0, 0.1) is 0 Å². The van der Waals surface area contributed by atoms with Crippen LogP contribution in [0.15, 0.2) is 4.99 Å². The first-order valence-electron chi connectivity index (χ1n) is 6.28. The molecule has 2 aliphatic heterocycles. The minimum absolute atomic E-state index is 0. The second-order valence-electron chi connectivity index (χ2n) is 4.99. The van der Waals surface area contributed by atoms with Crippen molar-refractivity contribution < 1.29 is 13.2 Å². The highest BCUT2D eigenvalue weighted by molar-refractivity contribution is 14.0. The fourth-order valence-electron chi connectivity index (χ4n) is 2.51. The van der Waals surface area contributed by atoms with Crippen LogP contribution in [0.3, 0.4) is 0 Å². The van der Waals surface area contributed by atoms with Gasteiger partial charge in [-0.1, -0.05) is 0 Å². The van der Waals surface area contributed by atoms with Gasteiger partial charge in [0.05, 0.1) is 24.0 Å². The molecule has 0 amide bonds. The molecule has 6 nitrogen and oxygen atoms in total. The SMILES string of the molecule is CN=C(NCCS(C)(=O)=O)NC1CC2CCC1O2.I. The highest BCUT2D eigenvalue weighted by Crippen LogP contribution is 2.34. The average Bonchev–Trinajstić information content (AvgIpc) is 2.87. The van der Waals surface area contributed by atoms with Crippen molar-refractivity contribution in [3.05, 3.63) is 0 Å². The summed E-state index contributed by atoms with van der Waals surface area (Å²) in [6.45, 7) is 0.375. The van der Waals surface area contributed by atoms with E-state index in [0.29, 0.717) is 24.7 Å². The van der Waals surface area contributed by atoms with Crippen LogP contribution in [0.1, 0.15) is 19.3 Å². The predicted molar refractivity (Wildman–Crippen MR) is 85.9 cm³/mol. The molecule has 2 heterocycles. The molecule has 3 atom stereocenters. The van der Waals surface area contributed by atoms with E-state index in [9.17, 15) is 8.42 Å². The normalized spacial score (nSPS) is 30.0. The molecule has 0 aliphatic carbocycles. The highest BCUT2D eigenvalue weighted by Gasteiger charge is 2.41. The lowest BCUT2D eigenvalue weighted by atomic mass is 9.96. The number of nitrogens with zero attached hydrogens (tertiary/aromatic N) is 1. The molecule has 0 spiro atoms. The lowest BCUT2D eigenvalue weighted by Crippen LogP contribution is -2.48. The van der Waals surface area contributed by atoms with E-state index in [1.165, 1.54) is 6.26 Å². The van der Waals surface area contributed by atoms with E-state index in [0.717, 1.165) is 19.3 Å². The van der Waals surface area contributed by atoms with Crippen molar-refractivity contribution in [3.63, 3.8) is 0 Å². The Balaban J connectivity index is 0.00000180. The summed E-state index contributed by atoms with van der Waals surface area (Å²) >= 11 is 0. The van der Waals surface area contributed by atoms with E-state index in [1.807, 2.05) is 0 Å². The lowest BCUT2D eigenvalue weighted by molar-refractivity contribution is 0.0992. The first kappa shape index (κ1) is 17.0. The predicted octanol–water partition coefficient (Wildman–Crippen LogP) is 0.134. The minimum atomic E-state index is -2.93. The van der Waals surface area contributed by atoms with E-state index in [-0.39, 0.29) is 35.8 Å². The largest absolute Gasteiger partial charge is 0.373 e. The quantitative estimate of drug-likeness (QED) is 0.397. The van der Waals surface area contributed by atoms with Crippen LogP contribution in [-0.2, 0) is 14.6 Å². The number of rotatable bonds is 4. The Morgan fingerprint density at radius 2 is 2.16 bits per heavy atom. The second kappa shape index (κ2) is 7.07. The van der Waals surface area contributed by atoms with Gasteiger partial charge in [0.15, 0.2) is 5.96 Å². The van der Waals surface area contributed by atoms with Gasteiger partial charge in [-0.25, -0.2) is 8.42 Å². The van der Waals surface area contributed by atoms with Gasteiger partial charge in [0.1, 0.15) is 9.84 Å². The number of aliphatic imine (C=N–C) groups is 1. The summed E-state index contributed by atoms with van der Waals surface area (Å²) in [6.07, 6.45) is 5.17. The zero-order valence-electron chi connectivity index (χ0n) is 11.3. The second-order valence-corrected chi connectivity index (χ2v) is 7.25. The van der Waals surface area contributed by atoms with Gasteiger partial charge >= 0.3 is 0 Å². The molecule has 0 aromatic carbocycles. The number of hydrogen-bond donors (Lipinski definition) is 2. The number of guanidine groups is 1.